The lowest BCUT2D eigenvalue weighted by molar-refractivity contribution is 0.0910. The van der Waals surface area contributed by atoms with Crippen molar-refractivity contribution in [3.63, 3.8) is 0 Å². The summed E-state index contributed by atoms with van der Waals surface area (Å²) in [5.41, 5.74) is 2.15. The van der Waals surface area contributed by atoms with Crippen LogP contribution in [0.4, 0.5) is 11.4 Å². The molecule has 8 heteroatoms. The SMILES string of the molecule is CC(C)(C)NC(=O)c1ccc(NC(=O)c2ccc(C(=O)Nc3ccc(C(=O)NC(C)(C)C)cc3)cc2)cc1. The van der Waals surface area contributed by atoms with Crippen LogP contribution >= 0.6 is 0 Å². The van der Waals surface area contributed by atoms with Gasteiger partial charge in [0.15, 0.2) is 0 Å². The Morgan fingerprint density at radius 3 is 0.921 bits per heavy atom. The van der Waals surface area contributed by atoms with Gasteiger partial charge in [0.1, 0.15) is 0 Å². The number of amides is 4. The Morgan fingerprint density at radius 2 is 0.658 bits per heavy atom. The molecular formula is C30H34N4O4. The first-order valence-electron chi connectivity index (χ1n) is 12.3. The van der Waals surface area contributed by atoms with Crippen LogP contribution in [-0.2, 0) is 0 Å². The van der Waals surface area contributed by atoms with Crippen molar-refractivity contribution in [2.45, 2.75) is 52.6 Å². The van der Waals surface area contributed by atoms with Crippen molar-refractivity contribution in [2.75, 3.05) is 10.6 Å². The summed E-state index contributed by atoms with van der Waals surface area (Å²) >= 11 is 0. The van der Waals surface area contributed by atoms with Crippen LogP contribution in [0.25, 0.3) is 0 Å². The lowest BCUT2D eigenvalue weighted by Crippen LogP contribution is -2.40. The Kier molecular flexibility index (Phi) is 8.36. The molecule has 0 aliphatic carbocycles. The molecule has 0 aromatic heterocycles. The molecule has 0 fully saturated rings. The molecule has 4 amide bonds. The number of anilines is 2. The van der Waals surface area contributed by atoms with Crippen LogP contribution in [-0.4, -0.2) is 34.7 Å². The average molecular weight is 515 g/mol. The molecule has 0 radical (unpaired) electrons. The van der Waals surface area contributed by atoms with Gasteiger partial charge in [0.2, 0.25) is 0 Å². The van der Waals surface area contributed by atoms with Crippen molar-refractivity contribution in [3.05, 3.63) is 95.1 Å². The molecular weight excluding hydrogens is 480 g/mol. The summed E-state index contributed by atoms with van der Waals surface area (Å²) in [6.45, 7) is 11.4. The topological polar surface area (TPSA) is 116 Å². The Hall–Kier alpha value is -4.46. The lowest BCUT2D eigenvalue weighted by atomic mass is 10.1. The molecule has 0 spiro atoms. The predicted molar refractivity (Wildman–Crippen MR) is 150 cm³/mol. The molecule has 0 saturated heterocycles. The van der Waals surface area contributed by atoms with Crippen LogP contribution in [0.15, 0.2) is 72.8 Å². The number of carbonyl (C=O) groups is 4. The highest BCUT2D eigenvalue weighted by atomic mass is 16.2. The predicted octanol–water partition coefficient (Wildman–Crippen LogP) is 5.25. The summed E-state index contributed by atoms with van der Waals surface area (Å²) in [5, 5.41) is 11.4. The normalized spacial score (nSPS) is 11.3. The maximum atomic E-state index is 12.6. The second-order valence-electron chi connectivity index (χ2n) is 11.0. The zero-order valence-electron chi connectivity index (χ0n) is 22.6. The van der Waals surface area contributed by atoms with E-state index < -0.39 is 0 Å². The average Bonchev–Trinajstić information content (AvgIpc) is 2.83. The van der Waals surface area contributed by atoms with Gasteiger partial charge < -0.3 is 21.3 Å². The smallest absolute Gasteiger partial charge is 0.255 e. The van der Waals surface area contributed by atoms with Crippen LogP contribution in [0.1, 0.15) is 83.0 Å². The van der Waals surface area contributed by atoms with E-state index in [9.17, 15) is 19.2 Å². The molecule has 198 valence electrons. The lowest BCUT2D eigenvalue weighted by Gasteiger charge is -2.20. The van der Waals surface area contributed by atoms with Crippen LogP contribution in [0.5, 0.6) is 0 Å². The molecule has 0 unspecified atom stereocenters. The maximum absolute atomic E-state index is 12.6. The van der Waals surface area contributed by atoms with Crippen LogP contribution < -0.4 is 21.3 Å². The Morgan fingerprint density at radius 1 is 0.421 bits per heavy atom. The highest BCUT2D eigenvalue weighted by molar-refractivity contribution is 6.07. The Labute approximate surface area is 223 Å². The van der Waals surface area contributed by atoms with Gasteiger partial charge >= 0.3 is 0 Å². The van der Waals surface area contributed by atoms with Crippen LogP contribution in [0.2, 0.25) is 0 Å². The zero-order valence-corrected chi connectivity index (χ0v) is 22.6. The summed E-state index contributed by atoms with van der Waals surface area (Å²) in [6.07, 6.45) is 0. The Balaban J connectivity index is 1.57. The highest BCUT2D eigenvalue weighted by Gasteiger charge is 2.17. The number of hydrogen-bond acceptors (Lipinski definition) is 4. The monoisotopic (exact) mass is 514 g/mol. The van der Waals surface area contributed by atoms with Gasteiger partial charge in [0, 0.05) is 44.7 Å². The van der Waals surface area contributed by atoms with E-state index in [0.29, 0.717) is 33.6 Å². The van der Waals surface area contributed by atoms with Crippen LogP contribution in [0, 0.1) is 0 Å². The van der Waals surface area contributed by atoms with Gasteiger partial charge in [-0.15, -0.1) is 0 Å². The van der Waals surface area contributed by atoms with E-state index in [4.69, 9.17) is 0 Å². The van der Waals surface area contributed by atoms with Crippen molar-refractivity contribution in [2.24, 2.45) is 0 Å². The summed E-state index contributed by atoms with van der Waals surface area (Å²) in [6, 6.07) is 19.5. The molecule has 0 aliphatic rings. The summed E-state index contributed by atoms with van der Waals surface area (Å²) in [5.74, 6) is -1.06. The van der Waals surface area contributed by atoms with E-state index >= 15 is 0 Å². The fourth-order valence-electron chi connectivity index (χ4n) is 3.41. The molecule has 0 atom stereocenters. The number of carbonyl (C=O) groups excluding carboxylic acids is 4. The molecule has 3 aromatic carbocycles. The second-order valence-corrected chi connectivity index (χ2v) is 11.0. The maximum Gasteiger partial charge on any atom is 0.255 e. The third kappa shape index (κ3) is 8.30. The molecule has 0 saturated carbocycles. The van der Waals surface area contributed by atoms with E-state index in [1.807, 2.05) is 41.5 Å². The minimum Gasteiger partial charge on any atom is -0.347 e. The molecule has 3 aromatic rings. The van der Waals surface area contributed by atoms with Gasteiger partial charge in [-0.1, -0.05) is 0 Å². The van der Waals surface area contributed by atoms with Crippen molar-refractivity contribution >= 4 is 35.0 Å². The molecule has 38 heavy (non-hydrogen) atoms. The third-order valence-electron chi connectivity index (χ3n) is 5.20. The highest BCUT2D eigenvalue weighted by Crippen LogP contribution is 2.15. The molecule has 0 aliphatic heterocycles. The van der Waals surface area contributed by atoms with E-state index in [1.54, 1.807) is 72.8 Å². The molecule has 4 N–H and O–H groups in total. The van der Waals surface area contributed by atoms with E-state index in [1.165, 1.54) is 0 Å². The first-order chi connectivity index (χ1) is 17.7. The fraction of sp³-hybridized carbons (Fsp3) is 0.267. The molecule has 0 bridgehead atoms. The molecule has 3 rings (SSSR count). The summed E-state index contributed by atoms with van der Waals surface area (Å²) < 4.78 is 0. The first kappa shape index (κ1) is 28.1. The number of hydrogen-bond donors (Lipinski definition) is 4. The minimum atomic E-state index is -0.346. The largest absolute Gasteiger partial charge is 0.347 e. The number of benzene rings is 3. The van der Waals surface area contributed by atoms with Crippen molar-refractivity contribution in [1.82, 2.24) is 10.6 Å². The summed E-state index contributed by atoms with van der Waals surface area (Å²) in [4.78, 5) is 49.8. The van der Waals surface area contributed by atoms with Gasteiger partial charge in [-0.05, 0) is 114 Å². The molecule has 0 heterocycles. The van der Waals surface area contributed by atoms with Gasteiger partial charge in [-0.25, -0.2) is 0 Å². The second kappa shape index (κ2) is 11.3. The molecule has 8 nitrogen and oxygen atoms in total. The third-order valence-corrected chi connectivity index (χ3v) is 5.20. The van der Waals surface area contributed by atoms with Gasteiger partial charge in [-0.2, -0.15) is 0 Å². The zero-order chi connectivity index (χ0) is 28.1. The van der Waals surface area contributed by atoms with Gasteiger partial charge in [-0.3, -0.25) is 19.2 Å². The number of nitrogens with one attached hydrogen (secondary N) is 4. The quantitative estimate of drug-likeness (QED) is 0.360. The van der Waals surface area contributed by atoms with Gasteiger partial charge in [0.05, 0.1) is 0 Å². The van der Waals surface area contributed by atoms with Crippen molar-refractivity contribution in [1.29, 1.82) is 0 Å². The standard InChI is InChI=1S/C30H34N4O4/c1-29(2,3)33-27(37)21-11-15-23(16-12-21)31-25(35)19-7-9-20(10-8-19)26(36)32-24-17-13-22(14-18-24)28(38)34-30(4,5)6/h7-18H,1-6H3,(H,31,35)(H,32,36)(H,33,37)(H,34,38). The van der Waals surface area contributed by atoms with Crippen molar-refractivity contribution < 1.29 is 19.2 Å². The number of rotatable bonds is 6. The van der Waals surface area contributed by atoms with E-state index in [0.717, 1.165) is 0 Å². The van der Waals surface area contributed by atoms with E-state index in [2.05, 4.69) is 21.3 Å². The first-order valence-corrected chi connectivity index (χ1v) is 12.3. The van der Waals surface area contributed by atoms with Gasteiger partial charge in [0.25, 0.3) is 23.6 Å². The van der Waals surface area contributed by atoms with Crippen LogP contribution in [0.3, 0.4) is 0 Å². The fourth-order valence-corrected chi connectivity index (χ4v) is 3.41. The van der Waals surface area contributed by atoms with E-state index in [-0.39, 0.29) is 34.7 Å². The summed E-state index contributed by atoms with van der Waals surface area (Å²) in [7, 11) is 0. The van der Waals surface area contributed by atoms with Crippen molar-refractivity contribution in [3.8, 4) is 0 Å². The Bertz CT molecular complexity index is 1210. The minimum absolute atomic E-state index is 0.189.